The molecule has 4 aliphatic carbocycles. The first-order valence-electron chi connectivity index (χ1n) is 49.6. The molecule has 0 N–H and O–H groups in total. The van der Waals surface area contributed by atoms with Crippen molar-refractivity contribution in [3.63, 3.8) is 0 Å². The highest BCUT2D eigenvalue weighted by atomic mass is 32.1. The van der Waals surface area contributed by atoms with Crippen LogP contribution in [0.5, 0.6) is 10.1 Å². The van der Waals surface area contributed by atoms with Gasteiger partial charge >= 0.3 is 0 Å². The van der Waals surface area contributed by atoms with E-state index in [1.54, 1.807) is 68.0 Å². The summed E-state index contributed by atoms with van der Waals surface area (Å²) in [6, 6.07) is 61.5. The highest BCUT2D eigenvalue weighted by molar-refractivity contribution is 7.31. The van der Waals surface area contributed by atoms with Crippen LogP contribution in [0, 0.1) is 47.6 Å². The van der Waals surface area contributed by atoms with E-state index in [-0.39, 0.29) is 23.0 Å². The molecule has 10 heterocycles. The molecule has 15 aromatic rings. The summed E-state index contributed by atoms with van der Waals surface area (Å²) >= 11 is 16.8. The molecule has 2 atom stereocenters. The number of rotatable bonds is 42. The third kappa shape index (κ3) is 17.2. The summed E-state index contributed by atoms with van der Waals surface area (Å²) < 4.78 is 20.6. The molecule has 690 valence electrons. The predicted molar refractivity (Wildman–Crippen MR) is 585 cm³/mol. The Bertz CT molecular complexity index is 6750. The van der Waals surface area contributed by atoms with Crippen LogP contribution in [0.3, 0.4) is 0 Å². The first-order chi connectivity index (χ1) is 66.7. The zero-order valence-electron chi connectivity index (χ0n) is 79.0. The maximum Gasteiger partial charge on any atom is 0.270 e. The van der Waals surface area contributed by atoms with E-state index >= 15 is 9.59 Å². The highest BCUT2D eigenvalue weighted by Crippen LogP contribution is 2.72. The number of fused-ring (bicyclic) bond motifs is 16. The number of unbranched alkanes of at least 4 members (excludes halogenated alkanes) is 14. The van der Waals surface area contributed by atoms with Crippen molar-refractivity contribution in [1.82, 2.24) is 0 Å². The molecule has 5 aromatic carbocycles. The molecule has 18 heteroatoms. The van der Waals surface area contributed by atoms with Crippen LogP contribution in [-0.2, 0) is 36.5 Å². The summed E-state index contributed by atoms with van der Waals surface area (Å²) in [6.45, 7) is 36.7. The van der Waals surface area contributed by atoms with E-state index in [9.17, 15) is 10.5 Å². The Kier molecular flexibility index (Phi) is 29.3. The van der Waals surface area contributed by atoms with Crippen molar-refractivity contribution in [2.24, 2.45) is 11.8 Å². The van der Waals surface area contributed by atoms with Crippen molar-refractivity contribution in [2.75, 3.05) is 13.2 Å². The first kappa shape index (κ1) is 94.9. The number of ketones is 2. The van der Waals surface area contributed by atoms with Gasteiger partial charge in [0.15, 0.2) is 10.1 Å². The molecule has 8 nitrogen and oxygen atoms in total. The molecule has 0 fully saturated rings. The van der Waals surface area contributed by atoms with Crippen LogP contribution < -0.4 is 9.47 Å². The lowest BCUT2D eigenvalue weighted by atomic mass is 9.66. The lowest BCUT2D eigenvalue weighted by molar-refractivity contribution is 0.103. The topological polar surface area (TPSA) is 109 Å². The van der Waals surface area contributed by atoms with Crippen LogP contribution in [0.4, 0.5) is 0 Å². The Hall–Kier alpha value is -10.0. The predicted octanol–water partition coefficient (Wildman–Crippen LogP) is 37.5. The lowest BCUT2D eigenvalue weighted by Crippen LogP contribution is -2.29. The van der Waals surface area contributed by atoms with Crippen molar-refractivity contribution < 1.29 is 19.1 Å². The van der Waals surface area contributed by atoms with Gasteiger partial charge in [0.05, 0.1) is 88.0 Å². The largest absolute Gasteiger partial charge is 0.484 e. The van der Waals surface area contributed by atoms with Crippen molar-refractivity contribution in [2.45, 2.75) is 246 Å². The average molecular weight is 1970 g/mol. The molecule has 0 radical (unpaired) electrons. The number of ether oxygens (including phenoxy) is 2. The molecule has 19 rings (SSSR count). The third-order valence-corrected chi connectivity index (χ3v) is 40.1. The van der Waals surface area contributed by atoms with Gasteiger partial charge in [-0.15, -0.1) is 90.7 Å². The molecule has 0 spiro atoms. The van der Waals surface area contributed by atoms with Crippen molar-refractivity contribution in [3.05, 3.63) is 299 Å². The Morgan fingerprint density at radius 1 is 0.382 bits per heavy atom. The quantitative estimate of drug-likeness (QED) is 0.0163. The number of hydrogen-bond donors (Lipinski definition) is 0. The minimum absolute atomic E-state index is 0.0845. The fourth-order valence-corrected chi connectivity index (χ4v) is 33.6. The van der Waals surface area contributed by atoms with Gasteiger partial charge in [-0.05, 0) is 214 Å². The maximum absolute atomic E-state index is 15.6. The van der Waals surface area contributed by atoms with Gasteiger partial charge in [0.2, 0.25) is 11.6 Å². The van der Waals surface area contributed by atoms with Crippen LogP contribution in [0.15, 0.2) is 179 Å². The Morgan fingerprint density at radius 2 is 0.728 bits per heavy atom. The summed E-state index contributed by atoms with van der Waals surface area (Å²) in [5, 5.41) is 30.3. The number of aryl methyl sites for hydroxylation is 4. The number of carbonyl (C=O) groups is 2. The van der Waals surface area contributed by atoms with Gasteiger partial charge in [-0.25, -0.2) is 20.2 Å². The third-order valence-electron chi connectivity index (χ3n) is 28.7. The molecule has 0 amide bonds. The SMILES string of the molecule is [C-]#[N+]/C(C#N)=C1/C(=C/c2cc3c(s2)-c2sc4c(-c5ccc(OCC(CC)CCCC)s5)c5c6c(sc5c(-c5ccc(OCC(CC)CCCC)s5)c4c2C3(c2ccc(CCCCCC)cc2)c2ccc(CCCCCC)cc2)-c2sc(/C=C3\C(=O)c4sc5ccsc5c4\C3=C(/C#N)[N+]#[C-])cc2C6(c2ccc(CCCCCC)cc2)c2ccc(CCCCCC)cc2)C(=O)c2sc3ccsc3c21. The minimum atomic E-state index is -1.01. The van der Waals surface area contributed by atoms with Gasteiger partial charge in [0.1, 0.15) is 0 Å². The van der Waals surface area contributed by atoms with Crippen LogP contribution in [0.25, 0.3) is 112 Å². The number of hydrogen-bond acceptors (Lipinski definition) is 16. The van der Waals surface area contributed by atoms with E-state index in [4.69, 9.17) is 22.6 Å². The second-order valence-corrected chi connectivity index (χ2v) is 47.5. The van der Waals surface area contributed by atoms with Gasteiger partial charge in [-0.2, -0.15) is 0 Å². The maximum atomic E-state index is 15.6. The van der Waals surface area contributed by atoms with Crippen molar-refractivity contribution in [3.8, 4) is 62.7 Å². The van der Waals surface area contributed by atoms with Crippen LogP contribution >= 0.6 is 113 Å². The molecule has 2 unspecified atom stereocenters. The number of allylic oxidation sites excluding steroid dienone is 6. The zero-order chi connectivity index (χ0) is 93.9. The molecular formula is C118H114N4O4S10. The fraction of sp³-hybridized carbons (Fsp3) is 0.356. The summed E-state index contributed by atoms with van der Waals surface area (Å²) in [5.41, 5.74) is 17.6. The summed E-state index contributed by atoms with van der Waals surface area (Å²) in [5.74, 6) is 0.454. The van der Waals surface area contributed by atoms with Crippen molar-refractivity contribution >= 4 is 187 Å². The van der Waals surface area contributed by atoms with Gasteiger partial charge in [-0.3, -0.25) is 9.59 Å². The lowest BCUT2D eigenvalue weighted by Gasteiger charge is -2.35. The number of nitriles is 2. The summed E-state index contributed by atoms with van der Waals surface area (Å²) in [6.07, 6.45) is 35.0. The second-order valence-electron chi connectivity index (χ2n) is 37.3. The molecule has 136 heavy (non-hydrogen) atoms. The standard InChI is InChI=1S/C118H114N4O4S10/c1-11-19-25-29-35-73-39-47-77(48-40-73)117(78-49-41-74(42-50-78)36-30-26-20-12-2)85-65-81(63-83-95(87(67-119)121-9)101-109-91(59-61-127-109)133-113(101)105(83)123)129-107(85)115-103(117)99-97(89-55-57-93(131-89)125-69-71(17-7)33-23-15-5)112-100(98(111(99)135-115)90-56-58-94(132-90)126-70-72(18-8)34-24-16-6)104-116(136-112)108-86(66-82(130-108)64-84-96(88(68-120)122-10)102-110-92(60-62-128-110)134-114(102)106(84)124)118(104,79-51-43-75(44-52-79)37-31-27-21-13-3)80-53-45-76(46-54-80)38-32-28-22-14-4/h39-66,71-72H,11-38,69-70H2,1-8H3/b83-63-,84-64-,95-87-,96-88+. The minimum Gasteiger partial charge on any atom is -0.484 e. The fourth-order valence-electron chi connectivity index (χ4n) is 21.5. The average Bonchev–Trinajstić information content (AvgIpc) is 1.48. The van der Waals surface area contributed by atoms with Crippen LogP contribution in [-0.4, -0.2) is 24.8 Å². The van der Waals surface area contributed by atoms with Crippen LogP contribution in [0.1, 0.15) is 316 Å². The van der Waals surface area contributed by atoms with Crippen LogP contribution in [0.2, 0.25) is 0 Å². The van der Waals surface area contributed by atoms with E-state index in [1.807, 2.05) is 57.7 Å². The van der Waals surface area contributed by atoms with Crippen molar-refractivity contribution in [1.29, 1.82) is 10.5 Å². The molecule has 0 saturated heterocycles. The zero-order valence-corrected chi connectivity index (χ0v) is 87.2. The van der Waals surface area contributed by atoms with E-state index in [0.29, 0.717) is 68.2 Å². The van der Waals surface area contributed by atoms with E-state index < -0.39 is 10.8 Å². The number of thiophene rings is 10. The van der Waals surface area contributed by atoms with E-state index in [2.05, 4.69) is 211 Å². The molecule has 0 bridgehead atoms. The smallest absolute Gasteiger partial charge is 0.270 e. The summed E-state index contributed by atoms with van der Waals surface area (Å²) in [4.78, 5) is 48.8. The first-order valence-corrected chi connectivity index (χ1v) is 57.9. The number of Topliss-reactive ketones (excluding diaryl/α,β-unsaturated/α-hetero) is 2. The Balaban J connectivity index is 0.968. The molecule has 0 aliphatic heterocycles. The molecule has 0 saturated carbocycles. The Morgan fingerprint density at radius 3 is 1.04 bits per heavy atom. The van der Waals surface area contributed by atoms with Gasteiger partial charge < -0.3 is 9.47 Å². The number of benzene rings is 5. The molecular weight excluding hydrogens is 1860 g/mol. The summed E-state index contributed by atoms with van der Waals surface area (Å²) in [7, 11) is 0. The number of carbonyl (C=O) groups excluding carboxylic acids is 2. The van der Waals surface area contributed by atoms with E-state index in [1.165, 1.54) is 92.5 Å². The molecule has 10 aromatic heterocycles. The monoisotopic (exact) mass is 1970 g/mol. The van der Waals surface area contributed by atoms with E-state index in [0.717, 1.165) is 276 Å². The normalized spacial score (nSPS) is 15.6. The van der Waals surface area contributed by atoms with Gasteiger partial charge in [0, 0.05) is 93.6 Å². The van der Waals surface area contributed by atoms with Gasteiger partial charge in [-0.1, -0.05) is 291 Å². The second kappa shape index (κ2) is 42.0. The number of nitrogens with zero attached hydrogens (tertiary/aromatic N) is 4. The Labute approximate surface area is 841 Å². The van der Waals surface area contributed by atoms with Gasteiger partial charge in [0.25, 0.3) is 11.4 Å². The molecule has 4 aliphatic rings. The highest BCUT2D eigenvalue weighted by Gasteiger charge is 2.55.